The molecule has 2 rings (SSSR count). The molecule has 0 aromatic carbocycles. The minimum absolute atomic E-state index is 0.0873. The SMILES string of the molecule is CC1NCCCC1NS(=O)(=O)c1ccc(C#N)nc1. The Morgan fingerprint density at radius 2 is 2.32 bits per heavy atom. The lowest BCUT2D eigenvalue weighted by Gasteiger charge is -2.30. The van der Waals surface area contributed by atoms with Crippen LogP contribution in [0.2, 0.25) is 0 Å². The molecule has 0 amide bonds. The summed E-state index contributed by atoms with van der Waals surface area (Å²) in [6, 6.07) is 4.65. The summed E-state index contributed by atoms with van der Waals surface area (Å²) in [7, 11) is -3.58. The van der Waals surface area contributed by atoms with E-state index in [4.69, 9.17) is 5.26 Å². The summed E-state index contributed by atoms with van der Waals surface area (Å²) in [6.07, 6.45) is 2.97. The Kier molecular flexibility index (Phi) is 4.14. The van der Waals surface area contributed by atoms with E-state index in [9.17, 15) is 8.42 Å². The first-order valence-electron chi connectivity index (χ1n) is 6.15. The average Bonchev–Trinajstić information content (AvgIpc) is 2.41. The topological polar surface area (TPSA) is 94.9 Å². The fourth-order valence-corrected chi connectivity index (χ4v) is 3.37. The molecule has 0 aliphatic carbocycles. The molecule has 0 saturated carbocycles. The van der Waals surface area contributed by atoms with Gasteiger partial charge in [0, 0.05) is 18.3 Å². The number of nitrogens with one attached hydrogen (secondary N) is 2. The number of hydrogen-bond donors (Lipinski definition) is 2. The van der Waals surface area contributed by atoms with Gasteiger partial charge in [0.25, 0.3) is 0 Å². The smallest absolute Gasteiger partial charge is 0.242 e. The molecule has 2 heterocycles. The highest BCUT2D eigenvalue weighted by Crippen LogP contribution is 2.13. The Balaban J connectivity index is 2.15. The molecule has 19 heavy (non-hydrogen) atoms. The van der Waals surface area contributed by atoms with E-state index in [1.54, 1.807) is 0 Å². The van der Waals surface area contributed by atoms with E-state index < -0.39 is 10.0 Å². The number of nitrogens with zero attached hydrogens (tertiary/aromatic N) is 2. The van der Waals surface area contributed by atoms with Crippen molar-refractivity contribution in [2.75, 3.05) is 6.54 Å². The first kappa shape index (κ1) is 13.9. The first-order chi connectivity index (χ1) is 9.03. The van der Waals surface area contributed by atoms with Crippen LogP contribution in [0, 0.1) is 11.3 Å². The molecule has 1 saturated heterocycles. The maximum Gasteiger partial charge on any atom is 0.242 e. The summed E-state index contributed by atoms with van der Waals surface area (Å²) in [6.45, 7) is 2.88. The first-order valence-corrected chi connectivity index (χ1v) is 7.63. The number of pyridine rings is 1. The Morgan fingerprint density at radius 3 is 2.89 bits per heavy atom. The predicted octanol–water partition coefficient (Wildman–Crippen LogP) is 0.372. The molecule has 0 radical (unpaired) electrons. The largest absolute Gasteiger partial charge is 0.313 e. The lowest BCUT2D eigenvalue weighted by atomic mass is 10.0. The highest BCUT2D eigenvalue weighted by Gasteiger charge is 2.26. The van der Waals surface area contributed by atoms with Gasteiger partial charge in [0.15, 0.2) is 0 Å². The van der Waals surface area contributed by atoms with Crippen LogP contribution in [-0.2, 0) is 10.0 Å². The second-order valence-corrected chi connectivity index (χ2v) is 6.32. The third kappa shape index (κ3) is 3.29. The van der Waals surface area contributed by atoms with Crippen LogP contribution in [0.4, 0.5) is 0 Å². The minimum atomic E-state index is -3.58. The van der Waals surface area contributed by atoms with Gasteiger partial charge in [-0.05, 0) is 38.4 Å². The van der Waals surface area contributed by atoms with Gasteiger partial charge in [-0.1, -0.05) is 0 Å². The van der Waals surface area contributed by atoms with Crippen LogP contribution in [-0.4, -0.2) is 32.0 Å². The van der Waals surface area contributed by atoms with Gasteiger partial charge in [-0.3, -0.25) is 0 Å². The third-order valence-electron chi connectivity index (χ3n) is 3.23. The standard InChI is InChI=1S/C12H16N4O2S/c1-9-12(3-2-6-14-9)16-19(17,18)11-5-4-10(7-13)15-8-11/h4-5,8-9,12,14,16H,2-3,6H2,1H3. The van der Waals surface area contributed by atoms with E-state index in [1.807, 2.05) is 13.0 Å². The molecular formula is C12H16N4O2S. The van der Waals surface area contributed by atoms with Crippen LogP contribution in [0.25, 0.3) is 0 Å². The molecule has 1 aliphatic heterocycles. The molecule has 0 bridgehead atoms. The zero-order valence-electron chi connectivity index (χ0n) is 10.6. The zero-order chi connectivity index (χ0) is 13.9. The van der Waals surface area contributed by atoms with Crippen LogP contribution < -0.4 is 10.0 Å². The minimum Gasteiger partial charge on any atom is -0.313 e. The number of aromatic nitrogens is 1. The molecule has 1 fully saturated rings. The molecule has 2 N–H and O–H groups in total. The van der Waals surface area contributed by atoms with Crippen LogP contribution in [0.15, 0.2) is 23.2 Å². The second-order valence-electron chi connectivity index (χ2n) is 4.60. The summed E-state index contributed by atoms with van der Waals surface area (Å²) >= 11 is 0. The van der Waals surface area contributed by atoms with Crippen molar-refractivity contribution in [2.24, 2.45) is 0 Å². The fraction of sp³-hybridized carbons (Fsp3) is 0.500. The third-order valence-corrected chi connectivity index (χ3v) is 4.70. The van der Waals surface area contributed by atoms with Crippen LogP contribution >= 0.6 is 0 Å². The molecule has 2 atom stereocenters. The molecule has 6 nitrogen and oxygen atoms in total. The van der Waals surface area contributed by atoms with Crippen LogP contribution in [0.3, 0.4) is 0 Å². The van der Waals surface area contributed by atoms with Gasteiger partial charge in [-0.15, -0.1) is 0 Å². The van der Waals surface area contributed by atoms with E-state index in [0.29, 0.717) is 0 Å². The summed E-state index contributed by atoms with van der Waals surface area (Å²) in [4.78, 5) is 3.87. The normalized spacial score (nSPS) is 23.8. The summed E-state index contributed by atoms with van der Waals surface area (Å²) in [5.74, 6) is 0. The van der Waals surface area contributed by atoms with Crippen molar-refractivity contribution in [1.82, 2.24) is 15.0 Å². The van der Waals surface area contributed by atoms with Gasteiger partial charge in [-0.25, -0.2) is 18.1 Å². The van der Waals surface area contributed by atoms with Gasteiger partial charge >= 0.3 is 0 Å². The van der Waals surface area contributed by atoms with Crippen molar-refractivity contribution >= 4 is 10.0 Å². The number of rotatable bonds is 3. The van der Waals surface area contributed by atoms with Crippen molar-refractivity contribution in [2.45, 2.75) is 36.7 Å². The monoisotopic (exact) mass is 280 g/mol. The summed E-state index contributed by atoms with van der Waals surface area (Å²) < 4.78 is 27.1. The van der Waals surface area contributed by atoms with Gasteiger partial charge in [0.2, 0.25) is 10.0 Å². The lowest BCUT2D eigenvalue weighted by Crippen LogP contribution is -2.51. The average molecular weight is 280 g/mol. The second kappa shape index (κ2) is 5.65. The quantitative estimate of drug-likeness (QED) is 0.834. The van der Waals surface area contributed by atoms with Crippen LogP contribution in [0.1, 0.15) is 25.5 Å². The molecule has 1 aliphatic rings. The Labute approximate surface area is 112 Å². The Hall–Kier alpha value is -1.49. The van der Waals surface area contributed by atoms with Crippen LogP contribution in [0.5, 0.6) is 0 Å². The highest BCUT2D eigenvalue weighted by molar-refractivity contribution is 7.89. The van der Waals surface area contributed by atoms with Gasteiger partial charge < -0.3 is 5.32 Å². The van der Waals surface area contributed by atoms with Crippen molar-refractivity contribution < 1.29 is 8.42 Å². The number of nitriles is 1. The predicted molar refractivity (Wildman–Crippen MR) is 69.8 cm³/mol. The molecule has 102 valence electrons. The van der Waals surface area contributed by atoms with Crippen molar-refractivity contribution in [3.8, 4) is 6.07 Å². The summed E-state index contributed by atoms with van der Waals surface area (Å²) in [5.41, 5.74) is 0.201. The Bertz CT molecular complexity index is 577. The fourth-order valence-electron chi connectivity index (χ4n) is 2.08. The lowest BCUT2D eigenvalue weighted by molar-refractivity contribution is 0.349. The molecule has 1 aromatic heterocycles. The van der Waals surface area contributed by atoms with E-state index in [0.717, 1.165) is 19.4 Å². The molecule has 1 aromatic rings. The summed E-state index contributed by atoms with van der Waals surface area (Å²) in [5, 5.41) is 11.9. The molecular weight excluding hydrogens is 264 g/mol. The zero-order valence-corrected chi connectivity index (χ0v) is 11.4. The number of piperidine rings is 1. The molecule has 0 spiro atoms. The van der Waals surface area contributed by atoms with E-state index >= 15 is 0 Å². The maximum absolute atomic E-state index is 12.2. The van der Waals surface area contributed by atoms with E-state index in [-0.39, 0.29) is 22.7 Å². The van der Waals surface area contributed by atoms with Gasteiger partial charge in [0.1, 0.15) is 16.7 Å². The molecule has 7 heteroatoms. The van der Waals surface area contributed by atoms with E-state index in [2.05, 4.69) is 15.0 Å². The Morgan fingerprint density at radius 1 is 1.53 bits per heavy atom. The van der Waals surface area contributed by atoms with Gasteiger partial charge in [-0.2, -0.15) is 5.26 Å². The van der Waals surface area contributed by atoms with Crippen molar-refractivity contribution in [3.05, 3.63) is 24.0 Å². The van der Waals surface area contributed by atoms with Crippen molar-refractivity contribution in [1.29, 1.82) is 5.26 Å². The van der Waals surface area contributed by atoms with Gasteiger partial charge in [0.05, 0.1) is 0 Å². The van der Waals surface area contributed by atoms with E-state index in [1.165, 1.54) is 18.3 Å². The maximum atomic E-state index is 12.2. The van der Waals surface area contributed by atoms with Crippen molar-refractivity contribution in [3.63, 3.8) is 0 Å². The molecule has 2 unspecified atom stereocenters. The highest BCUT2D eigenvalue weighted by atomic mass is 32.2. The number of sulfonamides is 1. The number of hydrogen-bond acceptors (Lipinski definition) is 5.